The molecule has 29 heavy (non-hydrogen) atoms. The average Bonchev–Trinajstić information content (AvgIpc) is 3.31. The summed E-state index contributed by atoms with van der Waals surface area (Å²) in [6.45, 7) is 0.416. The molecule has 2 aliphatic heterocycles. The molecule has 1 aromatic carbocycles. The summed E-state index contributed by atoms with van der Waals surface area (Å²) in [5, 5.41) is 14.0. The molecule has 2 amide bonds. The molecule has 156 valence electrons. The van der Waals surface area contributed by atoms with Crippen molar-refractivity contribution >= 4 is 23.5 Å². The highest BCUT2D eigenvalue weighted by atomic mass is 16.5. The van der Waals surface area contributed by atoms with E-state index in [0.29, 0.717) is 24.6 Å². The zero-order valence-corrected chi connectivity index (χ0v) is 16.4. The Morgan fingerprint density at radius 3 is 2.48 bits per heavy atom. The molecule has 1 aromatic rings. The summed E-state index contributed by atoms with van der Waals surface area (Å²) in [5.74, 6) is -1.59. The second-order valence-electron chi connectivity index (χ2n) is 7.64. The van der Waals surface area contributed by atoms with Gasteiger partial charge in [-0.05, 0) is 50.2 Å². The van der Waals surface area contributed by atoms with Gasteiger partial charge < -0.3 is 20.5 Å². The molecular formula is C22H28N2O5. The van der Waals surface area contributed by atoms with Gasteiger partial charge in [0.1, 0.15) is 0 Å². The van der Waals surface area contributed by atoms with E-state index in [2.05, 4.69) is 16.7 Å². The van der Waals surface area contributed by atoms with Crippen molar-refractivity contribution in [3.05, 3.63) is 42.5 Å². The highest BCUT2D eigenvalue weighted by molar-refractivity contribution is 6.39. The Hall–Kier alpha value is -2.67. The molecule has 2 aliphatic rings. The van der Waals surface area contributed by atoms with Crippen LogP contribution in [0.5, 0.6) is 0 Å². The van der Waals surface area contributed by atoms with Crippen molar-refractivity contribution in [2.45, 2.75) is 50.7 Å². The van der Waals surface area contributed by atoms with E-state index in [1.807, 2.05) is 12.1 Å². The lowest BCUT2D eigenvalue weighted by Crippen LogP contribution is -2.42. The van der Waals surface area contributed by atoms with Crippen LogP contribution in [0.15, 0.2) is 42.5 Å². The second-order valence-corrected chi connectivity index (χ2v) is 7.64. The first-order valence-corrected chi connectivity index (χ1v) is 10.2. The third kappa shape index (κ3) is 5.90. The van der Waals surface area contributed by atoms with Crippen molar-refractivity contribution in [2.24, 2.45) is 11.8 Å². The van der Waals surface area contributed by atoms with Crippen LogP contribution in [0.3, 0.4) is 0 Å². The number of para-hydroxylation sites is 1. The van der Waals surface area contributed by atoms with Crippen LogP contribution < -0.4 is 10.6 Å². The number of aliphatic carboxylic acids is 1. The van der Waals surface area contributed by atoms with Gasteiger partial charge in [0.2, 0.25) is 0 Å². The maximum Gasteiger partial charge on any atom is 0.313 e. The quantitative estimate of drug-likeness (QED) is 0.336. The summed E-state index contributed by atoms with van der Waals surface area (Å²) < 4.78 is 6.03. The van der Waals surface area contributed by atoms with Gasteiger partial charge in [-0.15, -0.1) is 0 Å². The van der Waals surface area contributed by atoms with Crippen molar-refractivity contribution in [3.63, 3.8) is 0 Å². The number of anilines is 1. The van der Waals surface area contributed by atoms with Gasteiger partial charge in [0.05, 0.1) is 12.2 Å². The Kier molecular flexibility index (Phi) is 7.41. The summed E-state index contributed by atoms with van der Waals surface area (Å²) in [5.41, 5.74) is 0.585. The first-order valence-electron chi connectivity index (χ1n) is 10.2. The molecule has 0 spiro atoms. The van der Waals surface area contributed by atoms with E-state index in [1.54, 1.807) is 24.3 Å². The number of benzene rings is 1. The van der Waals surface area contributed by atoms with Gasteiger partial charge in [0, 0.05) is 24.6 Å². The van der Waals surface area contributed by atoms with Crippen LogP contribution in [0.4, 0.5) is 5.69 Å². The number of unbranched alkanes of at least 4 members (excludes halogenated alkanes) is 1. The minimum Gasteiger partial charge on any atom is -0.481 e. The molecule has 4 atom stereocenters. The number of fused-ring (bicyclic) bond motifs is 2. The molecular weight excluding hydrogens is 372 g/mol. The number of carbonyl (C=O) groups is 3. The lowest BCUT2D eigenvalue weighted by atomic mass is 9.77. The summed E-state index contributed by atoms with van der Waals surface area (Å²) >= 11 is 0. The van der Waals surface area contributed by atoms with Gasteiger partial charge in [-0.2, -0.15) is 0 Å². The largest absolute Gasteiger partial charge is 0.481 e. The Bertz CT molecular complexity index is 749. The molecule has 3 rings (SSSR count). The molecule has 7 nitrogen and oxygen atoms in total. The molecule has 3 N–H and O–H groups in total. The number of carboxylic acid groups (broad SMARTS) is 1. The molecule has 2 bridgehead atoms. The smallest absolute Gasteiger partial charge is 0.313 e. The van der Waals surface area contributed by atoms with Crippen LogP contribution in [0, 0.1) is 11.8 Å². The molecule has 2 fully saturated rings. The van der Waals surface area contributed by atoms with Gasteiger partial charge in [-0.1, -0.05) is 30.4 Å². The normalized spacial score (nSPS) is 25.2. The van der Waals surface area contributed by atoms with Crippen molar-refractivity contribution < 1.29 is 24.2 Å². The first-order chi connectivity index (χ1) is 14.0. The molecule has 2 heterocycles. The Morgan fingerprint density at radius 1 is 1.03 bits per heavy atom. The van der Waals surface area contributed by atoms with Gasteiger partial charge in [-0.3, -0.25) is 14.4 Å². The molecule has 7 heteroatoms. The molecule has 0 unspecified atom stereocenters. The van der Waals surface area contributed by atoms with E-state index in [9.17, 15) is 14.4 Å². The van der Waals surface area contributed by atoms with Crippen LogP contribution in [-0.2, 0) is 19.1 Å². The van der Waals surface area contributed by atoms with Gasteiger partial charge in [0.25, 0.3) is 0 Å². The maximum atomic E-state index is 12.2. The Labute approximate surface area is 170 Å². The topological polar surface area (TPSA) is 105 Å². The summed E-state index contributed by atoms with van der Waals surface area (Å²) in [7, 11) is 0. The van der Waals surface area contributed by atoms with Crippen molar-refractivity contribution in [3.8, 4) is 0 Å². The van der Waals surface area contributed by atoms with Crippen molar-refractivity contribution in [1.29, 1.82) is 0 Å². The van der Waals surface area contributed by atoms with Gasteiger partial charge >= 0.3 is 17.8 Å². The number of nitrogens with one attached hydrogen (secondary N) is 2. The summed E-state index contributed by atoms with van der Waals surface area (Å²) in [6, 6.07) is 8.88. The number of hydrogen-bond acceptors (Lipinski definition) is 4. The fraction of sp³-hybridized carbons (Fsp3) is 0.500. The predicted molar refractivity (Wildman–Crippen MR) is 108 cm³/mol. The molecule has 0 aliphatic carbocycles. The molecule has 2 saturated heterocycles. The Morgan fingerprint density at radius 2 is 1.76 bits per heavy atom. The maximum absolute atomic E-state index is 12.2. The molecule has 0 saturated carbocycles. The van der Waals surface area contributed by atoms with Crippen LogP contribution >= 0.6 is 0 Å². The third-order valence-electron chi connectivity index (χ3n) is 5.66. The van der Waals surface area contributed by atoms with Gasteiger partial charge in [0.15, 0.2) is 0 Å². The van der Waals surface area contributed by atoms with Crippen LogP contribution in [0.25, 0.3) is 0 Å². The fourth-order valence-corrected chi connectivity index (χ4v) is 4.22. The number of ether oxygens (including phenoxy) is 1. The first kappa shape index (κ1) is 21.0. The SMILES string of the molecule is O=C(O)CCCC=CC[C@@H]1[C@@H](CNC(=O)C(=O)Nc2ccccc2)[C@@H]2CC[C@H]1O2. The molecule has 0 aromatic heterocycles. The van der Waals surface area contributed by atoms with Crippen LogP contribution in [0.1, 0.15) is 38.5 Å². The van der Waals surface area contributed by atoms with Crippen molar-refractivity contribution in [2.75, 3.05) is 11.9 Å². The van der Waals surface area contributed by atoms with Crippen molar-refractivity contribution in [1.82, 2.24) is 5.32 Å². The predicted octanol–water partition coefficient (Wildman–Crippen LogP) is 2.74. The van der Waals surface area contributed by atoms with E-state index >= 15 is 0 Å². The number of allylic oxidation sites excluding steroid dienone is 2. The lowest BCUT2D eigenvalue weighted by Gasteiger charge is -2.27. The minimum absolute atomic E-state index is 0.128. The average molecular weight is 400 g/mol. The van der Waals surface area contributed by atoms with E-state index in [1.165, 1.54) is 0 Å². The summed E-state index contributed by atoms with van der Waals surface area (Å²) in [4.78, 5) is 34.8. The van der Waals surface area contributed by atoms with Crippen LogP contribution in [-0.4, -0.2) is 41.6 Å². The summed E-state index contributed by atoms with van der Waals surface area (Å²) in [6.07, 6.45) is 8.86. The third-order valence-corrected chi connectivity index (χ3v) is 5.66. The highest BCUT2D eigenvalue weighted by Gasteiger charge is 2.48. The van der Waals surface area contributed by atoms with E-state index in [0.717, 1.165) is 25.7 Å². The standard InChI is InChI=1S/C22H28N2O5/c25-20(26)11-7-2-1-6-10-16-17(19-13-12-18(16)29-19)14-23-21(27)22(28)24-15-8-4-3-5-9-15/h1,3-6,8-9,16-19H,2,7,10-14H2,(H,23,27)(H,24,28)(H,25,26)/t16-,17-,18-,19+/m1/s1. The Balaban J connectivity index is 1.45. The number of amides is 2. The number of carbonyl (C=O) groups excluding carboxylic acids is 2. The number of hydrogen-bond donors (Lipinski definition) is 3. The van der Waals surface area contributed by atoms with Gasteiger partial charge in [-0.25, -0.2) is 0 Å². The van der Waals surface area contributed by atoms with Crippen LogP contribution in [0.2, 0.25) is 0 Å². The van der Waals surface area contributed by atoms with E-state index in [-0.39, 0.29) is 24.5 Å². The number of carboxylic acids is 1. The lowest BCUT2D eigenvalue weighted by molar-refractivity contribution is -0.137. The zero-order valence-electron chi connectivity index (χ0n) is 16.4. The minimum atomic E-state index is -0.771. The second kappa shape index (κ2) is 10.2. The molecule has 0 radical (unpaired) electrons. The van der Waals surface area contributed by atoms with E-state index in [4.69, 9.17) is 9.84 Å². The monoisotopic (exact) mass is 400 g/mol. The fourth-order valence-electron chi connectivity index (χ4n) is 4.22. The number of rotatable bonds is 9. The zero-order chi connectivity index (χ0) is 20.6. The van der Waals surface area contributed by atoms with E-state index < -0.39 is 17.8 Å². The highest BCUT2D eigenvalue weighted by Crippen LogP contribution is 2.44.